The first-order valence-electron chi connectivity index (χ1n) is 9.02. The van der Waals surface area contributed by atoms with Crippen molar-refractivity contribution in [3.63, 3.8) is 0 Å². The van der Waals surface area contributed by atoms with Gasteiger partial charge in [0, 0.05) is 29.6 Å². The smallest absolute Gasteiger partial charge is 0.252 e. The third-order valence-electron chi connectivity index (χ3n) is 4.29. The number of rotatable bonds is 8. The zero-order valence-electron chi connectivity index (χ0n) is 15.2. The first-order valence-corrected chi connectivity index (χ1v) is 11.1. The summed E-state index contributed by atoms with van der Waals surface area (Å²) in [6.45, 7) is 1.29. The monoisotopic (exact) mass is 408 g/mol. The predicted octanol–water partition coefficient (Wildman–Crippen LogP) is 4.20. The van der Waals surface area contributed by atoms with Crippen LogP contribution in [-0.4, -0.2) is 33.0 Å². The van der Waals surface area contributed by atoms with Gasteiger partial charge < -0.3 is 5.32 Å². The van der Waals surface area contributed by atoms with E-state index in [-0.39, 0.29) is 5.91 Å². The van der Waals surface area contributed by atoms with Crippen molar-refractivity contribution < 1.29 is 4.79 Å². The van der Waals surface area contributed by atoms with Crippen LogP contribution in [0.2, 0.25) is 0 Å². The average Bonchev–Trinajstić information content (AvgIpc) is 3.38. The molecule has 0 saturated heterocycles. The maximum atomic E-state index is 12.4. The molecule has 0 saturated carbocycles. The van der Waals surface area contributed by atoms with E-state index >= 15 is 0 Å². The van der Waals surface area contributed by atoms with Crippen molar-refractivity contribution >= 4 is 40.0 Å². The number of carbonyl (C=O) groups is 1. The van der Waals surface area contributed by atoms with Gasteiger partial charge in [0.05, 0.1) is 18.3 Å². The topological polar surface area (TPSA) is 59.8 Å². The van der Waals surface area contributed by atoms with Crippen molar-refractivity contribution in [2.45, 2.75) is 12.3 Å². The molecule has 28 heavy (non-hydrogen) atoms. The summed E-state index contributed by atoms with van der Waals surface area (Å²) in [7, 11) is 0. The second kappa shape index (κ2) is 9.03. The number of hydrogen-bond donors (Lipinski definition) is 1. The van der Waals surface area contributed by atoms with Gasteiger partial charge in [-0.25, -0.2) is 9.67 Å². The third kappa shape index (κ3) is 4.61. The van der Waals surface area contributed by atoms with Gasteiger partial charge in [0.1, 0.15) is 0 Å². The Morgan fingerprint density at radius 3 is 2.86 bits per heavy atom. The molecular weight excluding hydrogens is 388 g/mol. The highest BCUT2D eigenvalue weighted by Crippen LogP contribution is 2.16. The van der Waals surface area contributed by atoms with Crippen LogP contribution in [0.5, 0.6) is 0 Å². The van der Waals surface area contributed by atoms with Crippen LogP contribution in [0.4, 0.5) is 0 Å². The van der Waals surface area contributed by atoms with Gasteiger partial charge >= 0.3 is 0 Å². The molecule has 5 nitrogen and oxygen atoms in total. The Hall–Kier alpha value is -2.64. The molecule has 1 amide bonds. The Labute approximate surface area is 171 Å². The summed E-state index contributed by atoms with van der Waals surface area (Å²) in [5, 5.41) is 12.5. The summed E-state index contributed by atoms with van der Waals surface area (Å²) in [4.78, 5) is 16.9. The molecular formula is C21H20N4OS2. The van der Waals surface area contributed by atoms with E-state index in [1.807, 2.05) is 40.7 Å². The Morgan fingerprint density at radius 1 is 1.14 bits per heavy atom. The fourth-order valence-corrected chi connectivity index (χ4v) is 4.45. The Bertz CT molecular complexity index is 1040. The number of thiophene rings is 1. The van der Waals surface area contributed by atoms with Gasteiger partial charge in [0.2, 0.25) is 0 Å². The molecule has 3 aromatic heterocycles. The van der Waals surface area contributed by atoms with E-state index < -0.39 is 0 Å². The van der Waals surface area contributed by atoms with Crippen molar-refractivity contribution in [2.24, 2.45) is 0 Å². The normalized spacial score (nSPS) is 11.0. The van der Waals surface area contributed by atoms with E-state index in [4.69, 9.17) is 0 Å². The lowest BCUT2D eigenvalue weighted by Crippen LogP contribution is -2.25. The SMILES string of the molecule is O=C(NCCSCc1ccsc1)c1cnc2c(cnn2Cc2ccccc2)c1. The van der Waals surface area contributed by atoms with Crippen LogP contribution in [0.15, 0.2) is 65.6 Å². The van der Waals surface area contributed by atoms with Crippen LogP contribution >= 0.6 is 23.1 Å². The molecule has 3 heterocycles. The number of amides is 1. The molecule has 142 valence electrons. The summed E-state index contributed by atoms with van der Waals surface area (Å²) in [6, 6.07) is 14.1. The van der Waals surface area contributed by atoms with Gasteiger partial charge in [-0.1, -0.05) is 30.3 Å². The Balaban J connectivity index is 1.33. The standard InChI is InChI=1S/C21H20N4OS2/c26-21(22-7-9-28-15-17-6-8-27-14-17)19-10-18-12-24-25(20(18)23-11-19)13-16-4-2-1-3-5-16/h1-6,8,10-12,14H,7,9,13,15H2,(H,22,26). The molecule has 0 bridgehead atoms. The van der Waals surface area contributed by atoms with Crippen molar-refractivity contribution in [1.29, 1.82) is 0 Å². The molecule has 0 radical (unpaired) electrons. The molecule has 4 aromatic rings. The van der Waals surface area contributed by atoms with E-state index in [1.165, 1.54) is 5.56 Å². The summed E-state index contributed by atoms with van der Waals surface area (Å²) in [5.41, 5.74) is 3.85. The van der Waals surface area contributed by atoms with E-state index in [2.05, 4.69) is 44.4 Å². The second-order valence-corrected chi connectivity index (χ2v) is 8.25. The lowest BCUT2D eigenvalue weighted by atomic mass is 10.2. The van der Waals surface area contributed by atoms with Gasteiger partial charge in [0.25, 0.3) is 5.91 Å². The number of fused-ring (bicyclic) bond motifs is 1. The lowest BCUT2D eigenvalue weighted by molar-refractivity contribution is 0.0956. The Morgan fingerprint density at radius 2 is 2.04 bits per heavy atom. The summed E-state index contributed by atoms with van der Waals surface area (Å²) in [6.07, 6.45) is 3.39. The highest BCUT2D eigenvalue weighted by Gasteiger charge is 2.10. The quantitative estimate of drug-likeness (QED) is 0.444. The number of pyridine rings is 1. The molecule has 0 unspecified atom stereocenters. The number of aromatic nitrogens is 3. The predicted molar refractivity (Wildman–Crippen MR) is 116 cm³/mol. The molecule has 0 aliphatic carbocycles. The van der Waals surface area contributed by atoms with Crippen LogP contribution < -0.4 is 5.32 Å². The van der Waals surface area contributed by atoms with Gasteiger partial charge in [-0.2, -0.15) is 28.2 Å². The molecule has 0 atom stereocenters. The van der Waals surface area contributed by atoms with Crippen LogP contribution in [0.3, 0.4) is 0 Å². The zero-order chi connectivity index (χ0) is 19.2. The molecule has 1 N–H and O–H groups in total. The van der Waals surface area contributed by atoms with Crippen molar-refractivity contribution in [1.82, 2.24) is 20.1 Å². The van der Waals surface area contributed by atoms with Crippen LogP contribution in [0.1, 0.15) is 21.5 Å². The summed E-state index contributed by atoms with van der Waals surface area (Å²) < 4.78 is 1.85. The highest BCUT2D eigenvalue weighted by atomic mass is 32.2. The molecule has 0 aliphatic rings. The number of hydrogen-bond acceptors (Lipinski definition) is 5. The summed E-state index contributed by atoms with van der Waals surface area (Å²) >= 11 is 3.53. The highest BCUT2D eigenvalue weighted by molar-refractivity contribution is 7.98. The molecule has 0 spiro atoms. The maximum absolute atomic E-state index is 12.4. The van der Waals surface area contributed by atoms with Gasteiger partial charge in [-0.3, -0.25) is 4.79 Å². The fourth-order valence-electron chi connectivity index (χ4n) is 2.87. The van der Waals surface area contributed by atoms with Crippen LogP contribution in [0, 0.1) is 0 Å². The third-order valence-corrected chi connectivity index (χ3v) is 6.06. The lowest BCUT2D eigenvalue weighted by Gasteiger charge is -2.06. The minimum absolute atomic E-state index is 0.0960. The second-order valence-electron chi connectivity index (χ2n) is 6.36. The number of carbonyl (C=O) groups excluding carboxylic acids is 1. The Kier molecular flexibility index (Phi) is 6.04. The maximum Gasteiger partial charge on any atom is 0.252 e. The number of thioether (sulfide) groups is 1. The average molecular weight is 409 g/mol. The van der Waals surface area contributed by atoms with Gasteiger partial charge in [-0.15, -0.1) is 0 Å². The van der Waals surface area contributed by atoms with Crippen molar-refractivity contribution in [2.75, 3.05) is 12.3 Å². The van der Waals surface area contributed by atoms with E-state index in [0.29, 0.717) is 18.7 Å². The van der Waals surface area contributed by atoms with E-state index in [1.54, 1.807) is 23.7 Å². The van der Waals surface area contributed by atoms with Gasteiger partial charge in [-0.05, 0) is 34.0 Å². The van der Waals surface area contributed by atoms with Gasteiger partial charge in [0.15, 0.2) is 5.65 Å². The molecule has 1 aromatic carbocycles. The fraction of sp³-hybridized carbons (Fsp3) is 0.190. The molecule has 7 heteroatoms. The molecule has 4 rings (SSSR count). The minimum Gasteiger partial charge on any atom is -0.351 e. The number of nitrogens with one attached hydrogen (secondary N) is 1. The van der Waals surface area contributed by atoms with Crippen LogP contribution in [0.25, 0.3) is 11.0 Å². The summed E-state index contributed by atoms with van der Waals surface area (Å²) in [5.74, 6) is 1.76. The van der Waals surface area contributed by atoms with E-state index in [0.717, 1.165) is 28.1 Å². The van der Waals surface area contributed by atoms with Crippen molar-refractivity contribution in [3.05, 3.63) is 82.3 Å². The van der Waals surface area contributed by atoms with E-state index in [9.17, 15) is 4.79 Å². The largest absolute Gasteiger partial charge is 0.351 e. The minimum atomic E-state index is -0.0960. The van der Waals surface area contributed by atoms with Crippen LogP contribution in [-0.2, 0) is 12.3 Å². The molecule has 0 aliphatic heterocycles. The van der Waals surface area contributed by atoms with Crippen molar-refractivity contribution in [3.8, 4) is 0 Å². The first-order chi connectivity index (χ1) is 13.8. The zero-order valence-corrected chi connectivity index (χ0v) is 16.9. The number of nitrogens with zero attached hydrogens (tertiary/aromatic N) is 3. The molecule has 0 fully saturated rings. The number of benzene rings is 1. The first kappa shape index (κ1) is 18.7.